The molecule has 9 nitrogen and oxygen atoms in total. The Morgan fingerprint density at radius 2 is 1.64 bits per heavy atom. The smallest absolute Gasteiger partial charge is 0.254 e. The Labute approximate surface area is 207 Å². The van der Waals surface area contributed by atoms with Crippen molar-refractivity contribution >= 4 is 33.8 Å². The van der Waals surface area contributed by atoms with E-state index < -0.39 is 0 Å². The minimum atomic E-state index is 0.0171. The predicted molar refractivity (Wildman–Crippen MR) is 137 cm³/mol. The zero-order valence-corrected chi connectivity index (χ0v) is 19.7. The lowest BCUT2D eigenvalue weighted by molar-refractivity contribution is 0.0303. The number of nitrogens with zero attached hydrogens (tertiary/aromatic N) is 5. The van der Waals surface area contributed by atoms with Gasteiger partial charge < -0.3 is 19.7 Å². The topological polar surface area (TPSA) is 93.9 Å². The minimum absolute atomic E-state index is 0.0171. The van der Waals surface area contributed by atoms with Crippen LogP contribution in [0, 0.1) is 0 Å². The molecule has 1 aliphatic rings. The lowest BCUT2D eigenvalue weighted by Crippen LogP contribution is -2.40. The SMILES string of the molecule is COc1ccc(-c2nnc3c4ccccc4c(Nc4ccc(C(=O)N5CCOCC5)cc4)nn23)cc1. The molecule has 0 aliphatic carbocycles. The largest absolute Gasteiger partial charge is 0.497 e. The van der Waals surface area contributed by atoms with Crippen molar-refractivity contribution in [1.82, 2.24) is 24.7 Å². The van der Waals surface area contributed by atoms with Gasteiger partial charge in [0, 0.05) is 40.7 Å². The van der Waals surface area contributed by atoms with Crippen molar-refractivity contribution in [2.24, 2.45) is 0 Å². The maximum Gasteiger partial charge on any atom is 0.254 e. The molecule has 5 aromatic rings. The third-order valence-electron chi connectivity index (χ3n) is 6.30. The van der Waals surface area contributed by atoms with Gasteiger partial charge in [0.15, 0.2) is 17.3 Å². The zero-order valence-electron chi connectivity index (χ0n) is 19.7. The average Bonchev–Trinajstić information content (AvgIpc) is 3.38. The van der Waals surface area contributed by atoms with E-state index in [-0.39, 0.29) is 5.91 Å². The van der Waals surface area contributed by atoms with E-state index >= 15 is 0 Å². The molecule has 3 aromatic carbocycles. The Hall–Kier alpha value is -4.50. The van der Waals surface area contributed by atoms with E-state index in [1.54, 1.807) is 11.6 Å². The molecule has 0 atom stereocenters. The molecule has 3 heterocycles. The van der Waals surface area contributed by atoms with Gasteiger partial charge in [-0.15, -0.1) is 15.3 Å². The number of ether oxygens (including phenoxy) is 2. The predicted octanol–water partition coefficient (Wildman–Crippen LogP) is 4.17. The van der Waals surface area contributed by atoms with Gasteiger partial charge in [0.2, 0.25) is 0 Å². The van der Waals surface area contributed by atoms with Gasteiger partial charge in [0.25, 0.3) is 5.91 Å². The molecule has 180 valence electrons. The van der Waals surface area contributed by atoms with E-state index in [2.05, 4.69) is 15.5 Å². The third kappa shape index (κ3) is 3.99. The lowest BCUT2D eigenvalue weighted by Gasteiger charge is -2.26. The van der Waals surface area contributed by atoms with E-state index in [1.807, 2.05) is 77.7 Å². The summed E-state index contributed by atoms with van der Waals surface area (Å²) in [6, 6.07) is 23.0. The van der Waals surface area contributed by atoms with Gasteiger partial charge in [-0.1, -0.05) is 24.3 Å². The summed E-state index contributed by atoms with van der Waals surface area (Å²) in [6.07, 6.45) is 0. The molecular weight excluding hydrogens is 456 g/mol. The van der Waals surface area contributed by atoms with Crippen LogP contribution in [0.2, 0.25) is 0 Å². The summed E-state index contributed by atoms with van der Waals surface area (Å²) in [7, 11) is 1.64. The summed E-state index contributed by atoms with van der Waals surface area (Å²) in [4.78, 5) is 14.6. The number of hydrogen-bond acceptors (Lipinski definition) is 7. The van der Waals surface area contributed by atoms with Crippen molar-refractivity contribution < 1.29 is 14.3 Å². The number of aromatic nitrogens is 4. The molecule has 9 heteroatoms. The second kappa shape index (κ2) is 9.27. The second-order valence-electron chi connectivity index (χ2n) is 8.49. The highest BCUT2D eigenvalue weighted by Gasteiger charge is 2.19. The zero-order chi connectivity index (χ0) is 24.5. The Morgan fingerprint density at radius 1 is 0.917 bits per heavy atom. The van der Waals surface area contributed by atoms with Gasteiger partial charge in [-0.05, 0) is 48.5 Å². The first-order valence-electron chi connectivity index (χ1n) is 11.7. The standard InChI is InChI=1S/C27H24N6O3/c1-35-21-12-8-18(9-13-21)25-29-30-26-23-5-3-2-4-22(23)24(31-33(25)26)28-20-10-6-19(7-11-20)27(34)32-14-16-36-17-15-32/h2-13H,14-17H2,1H3,(H,28,31). The number of carbonyl (C=O) groups excluding carboxylic acids is 1. The van der Waals surface area contributed by atoms with E-state index in [0.29, 0.717) is 49.2 Å². The Kier molecular flexibility index (Phi) is 5.67. The highest BCUT2D eigenvalue weighted by atomic mass is 16.5. The highest BCUT2D eigenvalue weighted by Crippen LogP contribution is 2.30. The van der Waals surface area contributed by atoms with Crippen LogP contribution in [0.4, 0.5) is 11.5 Å². The maximum absolute atomic E-state index is 12.8. The van der Waals surface area contributed by atoms with Crippen LogP contribution in [-0.2, 0) is 4.74 Å². The monoisotopic (exact) mass is 480 g/mol. The number of amides is 1. The number of morpholine rings is 1. The fraction of sp³-hybridized carbons (Fsp3) is 0.185. The number of nitrogens with one attached hydrogen (secondary N) is 1. The van der Waals surface area contributed by atoms with Crippen molar-refractivity contribution in [3.63, 3.8) is 0 Å². The Morgan fingerprint density at radius 3 is 2.36 bits per heavy atom. The number of methoxy groups -OCH3 is 1. The van der Waals surface area contributed by atoms with Crippen LogP contribution in [0.15, 0.2) is 72.8 Å². The maximum atomic E-state index is 12.8. The van der Waals surface area contributed by atoms with Crippen molar-refractivity contribution in [3.8, 4) is 17.1 Å². The highest BCUT2D eigenvalue weighted by molar-refractivity contribution is 6.01. The van der Waals surface area contributed by atoms with Crippen LogP contribution >= 0.6 is 0 Å². The first-order valence-corrected chi connectivity index (χ1v) is 11.7. The average molecular weight is 481 g/mol. The van der Waals surface area contributed by atoms with Crippen molar-refractivity contribution in [2.45, 2.75) is 0 Å². The van der Waals surface area contributed by atoms with Crippen LogP contribution in [0.25, 0.3) is 27.8 Å². The van der Waals surface area contributed by atoms with Crippen LogP contribution in [0.1, 0.15) is 10.4 Å². The van der Waals surface area contributed by atoms with Gasteiger partial charge in [-0.25, -0.2) is 0 Å². The molecule has 36 heavy (non-hydrogen) atoms. The molecule has 6 rings (SSSR count). The van der Waals surface area contributed by atoms with Gasteiger partial charge in [-0.2, -0.15) is 4.52 Å². The number of fused-ring (bicyclic) bond motifs is 3. The summed E-state index contributed by atoms with van der Waals surface area (Å²) >= 11 is 0. The van der Waals surface area contributed by atoms with Crippen molar-refractivity contribution in [1.29, 1.82) is 0 Å². The van der Waals surface area contributed by atoms with E-state index in [0.717, 1.165) is 27.8 Å². The summed E-state index contributed by atoms with van der Waals surface area (Å²) in [6.45, 7) is 2.39. The van der Waals surface area contributed by atoms with Gasteiger partial charge >= 0.3 is 0 Å². The molecule has 2 aromatic heterocycles. The van der Waals surface area contributed by atoms with Gasteiger partial charge in [-0.3, -0.25) is 4.79 Å². The molecule has 0 radical (unpaired) electrons. The van der Waals surface area contributed by atoms with E-state index in [4.69, 9.17) is 14.6 Å². The summed E-state index contributed by atoms with van der Waals surface area (Å²) in [5.74, 6) is 2.08. The van der Waals surface area contributed by atoms with Gasteiger partial charge in [0.1, 0.15) is 5.75 Å². The molecule has 1 saturated heterocycles. The number of rotatable bonds is 5. The summed E-state index contributed by atoms with van der Waals surface area (Å²) in [5, 5.41) is 19.0. The first-order chi connectivity index (χ1) is 17.7. The second-order valence-corrected chi connectivity index (χ2v) is 8.49. The quantitative estimate of drug-likeness (QED) is 0.404. The number of benzene rings is 3. The van der Waals surface area contributed by atoms with Crippen molar-refractivity contribution in [3.05, 3.63) is 78.4 Å². The van der Waals surface area contributed by atoms with Crippen LogP contribution in [0.5, 0.6) is 5.75 Å². The fourth-order valence-corrected chi connectivity index (χ4v) is 4.38. The molecule has 0 bridgehead atoms. The van der Waals surface area contributed by atoms with Crippen LogP contribution in [-0.4, -0.2) is 64.0 Å². The molecule has 0 spiro atoms. The van der Waals surface area contributed by atoms with Crippen LogP contribution in [0.3, 0.4) is 0 Å². The number of hydrogen-bond donors (Lipinski definition) is 1. The minimum Gasteiger partial charge on any atom is -0.497 e. The van der Waals surface area contributed by atoms with E-state index in [1.165, 1.54) is 0 Å². The number of anilines is 2. The Bertz CT molecular complexity index is 1540. The normalized spacial score (nSPS) is 13.8. The van der Waals surface area contributed by atoms with E-state index in [9.17, 15) is 4.79 Å². The molecule has 1 amide bonds. The third-order valence-corrected chi connectivity index (χ3v) is 6.30. The molecule has 1 fully saturated rings. The molecular formula is C27H24N6O3. The Balaban J connectivity index is 1.36. The van der Waals surface area contributed by atoms with Gasteiger partial charge in [0.05, 0.1) is 20.3 Å². The fourth-order valence-electron chi connectivity index (χ4n) is 4.38. The van der Waals surface area contributed by atoms with Crippen molar-refractivity contribution in [2.75, 3.05) is 38.7 Å². The molecule has 1 N–H and O–H groups in total. The molecule has 0 saturated carbocycles. The number of carbonyl (C=O) groups is 1. The van der Waals surface area contributed by atoms with Crippen LogP contribution < -0.4 is 10.1 Å². The molecule has 0 unspecified atom stereocenters. The lowest BCUT2D eigenvalue weighted by atomic mass is 10.1. The first kappa shape index (κ1) is 22.0. The summed E-state index contributed by atoms with van der Waals surface area (Å²) < 4.78 is 12.4. The summed E-state index contributed by atoms with van der Waals surface area (Å²) in [5.41, 5.74) is 3.03. The molecule has 1 aliphatic heterocycles.